The number of piperidine rings is 1. The zero-order valence-electron chi connectivity index (χ0n) is 13.7. The van der Waals surface area contributed by atoms with Crippen LogP contribution >= 0.6 is 0 Å². The third kappa shape index (κ3) is 4.55. The average molecular weight is 331 g/mol. The summed E-state index contributed by atoms with van der Waals surface area (Å²) in [4.78, 5) is 2.37. The SMILES string of the molecule is CS(=O)(=O)CC1CCCCN1CCc1ccc2ccccc2c1. The molecule has 0 radical (unpaired) electrons. The standard InChI is InChI=1S/C19H25NO2S/c1-23(21,22)15-19-8-4-5-12-20(19)13-11-16-9-10-17-6-2-3-7-18(17)14-16/h2-3,6-7,9-10,14,19H,4-5,8,11-13,15H2,1H3. The van der Waals surface area contributed by atoms with Gasteiger partial charge in [-0.1, -0.05) is 48.9 Å². The molecule has 0 amide bonds. The first-order valence-corrected chi connectivity index (χ1v) is 10.5. The number of rotatable bonds is 5. The van der Waals surface area contributed by atoms with E-state index in [9.17, 15) is 8.42 Å². The lowest BCUT2D eigenvalue weighted by Gasteiger charge is -2.35. The molecule has 124 valence electrons. The zero-order chi connectivity index (χ0) is 16.3. The Morgan fingerprint density at radius 2 is 1.87 bits per heavy atom. The van der Waals surface area contributed by atoms with Crippen molar-refractivity contribution in [3.05, 3.63) is 48.0 Å². The maximum Gasteiger partial charge on any atom is 0.148 e. The number of benzene rings is 2. The Hall–Kier alpha value is -1.39. The smallest absolute Gasteiger partial charge is 0.148 e. The summed E-state index contributed by atoms with van der Waals surface area (Å²) in [5.41, 5.74) is 1.33. The number of likely N-dealkylation sites (tertiary alicyclic amines) is 1. The van der Waals surface area contributed by atoms with Crippen molar-refractivity contribution in [2.75, 3.05) is 25.1 Å². The number of sulfone groups is 1. The van der Waals surface area contributed by atoms with Gasteiger partial charge in [0.05, 0.1) is 5.75 Å². The first-order valence-electron chi connectivity index (χ1n) is 8.41. The van der Waals surface area contributed by atoms with Crippen molar-refractivity contribution >= 4 is 20.6 Å². The van der Waals surface area contributed by atoms with Crippen molar-refractivity contribution in [2.24, 2.45) is 0 Å². The second-order valence-electron chi connectivity index (χ2n) is 6.71. The highest BCUT2D eigenvalue weighted by Crippen LogP contribution is 2.20. The van der Waals surface area contributed by atoms with Gasteiger partial charge in [-0.2, -0.15) is 0 Å². The summed E-state index contributed by atoms with van der Waals surface area (Å²) in [5, 5.41) is 2.54. The molecule has 1 heterocycles. The minimum Gasteiger partial charge on any atom is -0.299 e. The number of nitrogens with zero attached hydrogens (tertiary/aromatic N) is 1. The second kappa shape index (κ2) is 7.02. The maximum atomic E-state index is 11.6. The summed E-state index contributed by atoms with van der Waals surface area (Å²) in [7, 11) is -2.91. The minimum absolute atomic E-state index is 0.194. The maximum absolute atomic E-state index is 11.6. The molecule has 0 saturated carbocycles. The lowest BCUT2D eigenvalue weighted by Crippen LogP contribution is -2.44. The van der Waals surface area contributed by atoms with Crippen LogP contribution in [0.3, 0.4) is 0 Å². The molecule has 0 aliphatic carbocycles. The Morgan fingerprint density at radius 1 is 1.09 bits per heavy atom. The fourth-order valence-corrected chi connectivity index (χ4v) is 4.64. The van der Waals surface area contributed by atoms with Crippen LogP contribution in [0, 0.1) is 0 Å². The van der Waals surface area contributed by atoms with E-state index >= 15 is 0 Å². The fraction of sp³-hybridized carbons (Fsp3) is 0.474. The highest BCUT2D eigenvalue weighted by atomic mass is 32.2. The zero-order valence-corrected chi connectivity index (χ0v) is 14.6. The highest BCUT2D eigenvalue weighted by Gasteiger charge is 2.25. The van der Waals surface area contributed by atoms with Crippen LogP contribution in [0.2, 0.25) is 0 Å². The van der Waals surface area contributed by atoms with Gasteiger partial charge in [0.2, 0.25) is 0 Å². The van der Waals surface area contributed by atoms with Gasteiger partial charge in [-0.25, -0.2) is 8.42 Å². The van der Waals surface area contributed by atoms with Crippen LogP contribution in [-0.2, 0) is 16.3 Å². The molecule has 1 atom stereocenters. The lowest BCUT2D eigenvalue weighted by molar-refractivity contribution is 0.164. The van der Waals surface area contributed by atoms with Crippen molar-refractivity contribution in [3.63, 3.8) is 0 Å². The molecule has 1 aliphatic heterocycles. The molecule has 1 saturated heterocycles. The number of hydrogen-bond donors (Lipinski definition) is 0. The Kier molecular flexibility index (Phi) is 5.02. The van der Waals surface area contributed by atoms with Gasteiger partial charge in [-0.3, -0.25) is 4.90 Å². The van der Waals surface area contributed by atoms with Crippen molar-refractivity contribution in [1.29, 1.82) is 0 Å². The minimum atomic E-state index is -2.91. The van der Waals surface area contributed by atoms with Gasteiger partial charge in [0.25, 0.3) is 0 Å². The molecule has 1 aliphatic rings. The van der Waals surface area contributed by atoms with Gasteiger partial charge < -0.3 is 0 Å². The quantitative estimate of drug-likeness (QED) is 0.844. The van der Waals surface area contributed by atoms with Gasteiger partial charge in [-0.05, 0) is 42.1 Å². The predicted octanol–water partition coefficient (Wildman–Crippen LogP) is 3.28. The summed E-state index contributed by atoms with van der Waals surface area (Å²) < 4.78 is 23.3. The Morgan fingerprint density at radius 3 is 2.65 bits per heavy atom. The molecule has 0 N–H and O–H groups in total. The van der Waals surface area contributed by atoms with Crippen LogP contribution in [0.15, 0.2) is 42.5 Å². The van der Waals surface area contributed by atoms with E-state index in [0.717, 1.165) is 32.4 Å². The van der Waals surface area contributed by atoms with Crippen LogP contribution < -0.4 is 0 Å². The molecule has 1 unspecified atom stereocenters. The summed E-state index contributed by atoms with van der Waals surface area (Å²) in [6.07, 6.45) is 5.66. The van der Waals surface area contributed by atoms with Gasteiger partial charge in [0, 0.05) is 18.8 Å². The van der Waals surface area contributed by atoms with Crippen molar-refractivity contribution in [2.45, 2.75) is 31.7 Å². The van der Waals surface area contributed by atoms with Crippen molar-refractivity contribution < 1.29 is 8.42 Å². The summed E-state index contributed by atoms with van der Waals surface area (Å²) in [6.45, 7) is 1.96. The van der Waals surface area contributed by atoms with Crippen LogP contribution in [0.1, 0.15) is 24.8 Å². The molecule has 0 bridgehead atoms. The average Bonchev–Trinajstić information content (AvgIpc) is 2.52. The highest BCUT2D eigenvalue weighted by molar-refractivity contribution is 7.90. The number of fused-ring (bicyclic) bond motifs is 1. The monoisotopic (exact) mass is 331 g/mol. The first kappa shape index (κ1) is 16.5. The van der Waals surface area contributed by atoms with E-state index < -0.39 is 9.84 Å². The van der Waals surface area contributed by atoms with Crippen molar-refractivity contribution in [3.8, 4) is 0 Å². The van der Waals surface area contributed by atoms with E-state index in [-0.39, 0.29) is 6.04 Å². The third-order valence-electron chi connectivity index (χ3n) is 4.75. The fourth-order valence-electron chi connectivity index (χ4n) is 3.56. The van der Waals surface area contributed by atoms with Crippen LogP contribution in [0.25, 0.3) is 10.8 Å². The van der Waals surface area contributed by atoms with Gasteiger partial charge in [0.1, 0.15) is 9.84 Å². The van der Waals surface area contributed by atoms with Crippen LogP contribution in [-0.4, -0.2) is 44.5 Å². The van der Waals surface area contributed by atoms with E-state index in [1.54, 1.807) is 0 Å². The van der Waals surface area contributed by atoms with Gasteiger partial charge in [-0.15, -0.1) is 0 Å². The topological polar surface area (TPSA) is 37.4 Å². The van der Waals surface area contributed by atoms with Crippen LogP contribution in [0.4, 0.5) is 0 Å². The van der Waals surface area contributed by atoms with Crippen LogP contribution in [0.5, 0.6) is 0 Å². The lowest BCUT2D eigenvalue weighted by atomic mass is 10.0. The summed E-state index contributed by atoms with van der Waals surface area (Å²) >= 11 is 0. The molecule has 2 aromatic carbocycles. The van der Waals surface area contributed by atoms with Crippen molar-refractivity contribution in [1.82, 2.24) is 4.90 Å². The Bertz CT molecular complexity index is 770. The normalized spacial score (nSPS) is 20.0. The molecule has 3 nitrogen and oxygen atoms in total. The van der Waals surface area contributed by atoms with E-state index in [1.807, 2.05) is 0 Å². The van der Waals surface area contributed by atoms with Gasteiger partial charge >= 0.3 is 0 Å². The molecule has 23 heavy (non-hydrogen) atoms. The Balaban J connectivity index is 1.67. The second-order valence-corrected chi connectivity index (χ2v) is 8.89. The molecule has 1 fully saturated rings. The summed E-state index contributed by atoms with van der Waals surface area (Å²) in [5.74, 6) is 0.296. The van der Waals surface area contributed by atoms with E-state index in [0.29, 0.717) is 5.75 Å². The molecular weight excluding hydrogens is 306 g/mol. The number of hydrogen-bond acceptors (Lipinski definition) is 3. The largest absolute Gasteiger partial charge is 0.299 e. The molecule has 0 aromatic heterocycles. The molecule has 2 aromatic rings. The van der Waals surface area contributed by atoms with Gasteiger partial charge in [0.15, 0.2) is 0 Å². The third-order valence-corrected chi connectivity index (χ3v) is 5.74. The van der Waals surface area contributed by atoms with E-state index in [2.05, 4.69) is 47.4 Å². The molecule has 4 heteroatoms. The van der Waals surface area contributed by atoms with E-state index in [4.69, 9.17) is 0 Å². The predicted molar refractivity (Wildman–Crippen MR) is 96.6 cm³/mol. The molecule has 0 spiro atoms. The molecule has 3 rings (SSSR count). The summed E-state index contributed by atoms with van der Waals surface area (Å²) in [6, 6.07) is 15.2. The molecular formula is C19H25NO2S. The first-order chi connectivity index (χ1) is 11.0. The van der Waals surface area contributed by atoms with E-state index in [1.165, 1.54) is 29.0 Å². The Labute approximate surface area is 139 Å².